The predicted molar refractivity (Wildman–Crippen MR) is 299 cm³/mol. The molecule has 0 rings (SSSR count). The minimum absolute atomic E-state index is 0.0710. The van der Waals surface area contributed by atoms with Gasteiger partial charge in [-0.25, -0.2) is 0 Å². The summed E-state index contributed by atoms with van der Waals surface area (Å²) in [7, 11) is 0. The fraction of sp³-hybridized carbons (Fsp3) is 0.889. The standard InChI is InChI=1S/C63H121NO3/c1-3-5-7-9-11-13-15-17-19-21-23-25-27-28-29-30-31-32-33-34-35-36-37-39-41-43-45-47-49-51-53-55-57-59-63(67)64-61(60-65)62(66)58-56-54-52-50-48-46-44-42-40-38-26-24-22-20-18-16-14-12-10-8-6-4-2/h40,42,48,50,56,58,61-62,65-66H,3-39,41,43-47,49,51-55,57,59-60H2,1-2H3,(H,64,67)/b42-40+,50-48+,58-56+. The first-order valence-corrected chi connectivity index (χ1v) is 30.7. The molecule has 0 aliphatic carbocycles. The Bertz CT molecular complexity index is 1020. The van der Waals surface area contributed by atoms with Gasteiger partial charge < -0.3 is 15.5 Å². The summed E-state index contributed by atoms with van der Waals surface area (Å²) in [5, 5.41) is 23.2. The second kappa shape index (κ2) is 58.9. The highest BCUT2D eigenvalue weighted by Gasteiger charge is 2.18. The number of hydrogen-bond donors (Lipinski definition) is 3. The molecule has 4 nitrogen and oxygen atoms in total. The molecule has 0 bridgehead atoms. The van der Waals surface area contributed by atoms with Crippen molar-refractivity contribution in [1.29, 1.82) is 0 Å². The van der Waals surface area contributed by atoms with Crippen LogP contribution in [0.4, 0.5) is 0 Å². The van der Waals surface area contributed by atoms with Gasteiger partial charge in [-0.3, -0.25) is 4.79 Å². The maximum Gasteiger partial charge on any atom is 0.220 e. The van der Waals surface area contributed by atoms with Gasteiger partial charge in [0, 0.05) is 6.42 Å². The van der Waals surface area contributed by atoms with Crippen LogP contribution in [0.1, 0.15) is 341 Å². The number of rotatable bonds is 57. The number of nitrogens with one attached hydrogen (secondary N) is 1. The number of unbranched alkanes of at least 4 members (excludes halogenated alkanes) is 46. The number of allylic oxidation sites excluding steroid dienone is 5. The molecule has 0 aromatic heterocycles. The van der Waals surface area contributed by atoms with E-state index in [1.54, 1.807) is 6.08 Å². The Hall–Kier alpha value is -1.39. The first kappa shape index (κ1) is 65.6. The van der Waals surface area contributed by atoms with Crippen LogP contribution in [0.25, 0.3) is 0 Å². The molecular weight excluding hydrogens is 819 g/mol. The number of hydrogen-bond acceptors (Lipinski definition) is 3. The van der Waals surface area contributed by atoms with E-state index in [0.29, 0.717) is 6.42 Å². The highest BCUT2D eigenvalue weighted by molar-refractivity contribution is 5.76. The van der Waals surface area contributed by atoms with Crippen LogP contribution in [0.3, 0.4) is 0 Å². The molecule has 0 fully saturated rings. The van der Waals surface area contributed by atoms with Gasteiger partial charge in [0.15, 0.2) is 0 Å². The quantitative estimate of drug-likeness (QED) is 0.0420. The molecule has 2 unspecified atom stereocenters. The van der Waals surface area contributed by atoms with E-state index in [1.807, 2.05) is 6.08 Å². The Labute approximate surface area is 421 Å². The van der Waals surface area contributed by atoms with E-state index < -0.39 is 12.1 Å². The van der Waals surface area contributed by atoms with E-state index in [-0.39, 0.29) is 12.5 Å². The summed E-state index contributed by atoms with van der Waals surface area (Å²) in [5.41, 5.74) is 0. The zero-order valence-corrected chi connectivity index (χ0v) is 45.7. The molecule has 0 spiro atoms. The Morgan fingerprint density at radius 3 is 0.866 bits per heavy atom. The van der Waals surface area contributed by atoms with Crippen molar-refractivity contribution in [2.24, 2.45) is 0 Å². The number of carbonyl (C=O) groups is 1. The van der Waals surface area contributed by atoms with Crippen molar-refractivity contribution in [2.75, 3.05) is 6.61 Å². The van der Waals surface area contributed by atoms with E-state index in [2.05, 4.69) is 43.5 Å². The maximum absolute atomic E-state index is 12.5. The van der Waals surface area contributed by atoms with Crippen molar-refractivity contribution in [3.05, 3.63) is 36.5 Å². The Kier molecular flexibility index (Phi) is 57.7. The third-order valence-electron chi connectivity index (χ3n) is 14.4. The Morgan fingerprint density at radius 1 is 0.343 bits per heavy atom. The number of carbonyl (C=O) groups excluding carboxylic acids is 1. The first-order chi connectivity index (χ1) is 33.2. The fourth-order valence-electron chi connectivity index (χ4n) is 9.69. The topological polar surface area (TPSA) is 69.6 Å². The van der Waals surface area contributed by atoms with Crippen LogP contribution in [-0.2, 0) is 4.79 Å². The minimum atomic E-state index is -0.869. The van der Waals surface area contributed by atoms with Crippen molar-refractivity contribution >= 4 is 5.91 Å². The highest BCUT2D eigenvalue weighted by atomic mass is 16.3. The molecule has 0 aliphatic heterocycles. The van der Waals surface area contributed by atoms with Gasteiger partial charge in [0.1, 0.15) is 0 Å². The zero-order chi connectivity index (χ0) is 48.5. The molecular formula is C63H121NO3. The average Bonchev–Trinajstić information content (AvgIpc) is 3.33. The lowest BCUT2D eigenvalue weighted by molar-refractivity contribution is -0.123. The lowest BCUT2D eigenvalue weighted by Crippen LogP contribution is -2.45. The van der Waals surface area contributed by atoms with Gasteiger partial charge in [-0.15, -0.1) is 0 Å². The Balaban J connectivity index is 3.46. The van der Waals surface area contributed by atoms with Crippen molar-refractivity contribution < 1.29 is 15.0 Å². The van der Waals surface area contributed by atoms with Crippen LogP contribution < -0.4 is 5.32 Å². The van der Waals surface area contributed by atoms with Crippen LogP contribution in [0.5, 0.6) is 0 Å². The number of amides is 1. The van der Waals surface area contributed by atoms with Gasteiger partial charge in [-0.1, -0.05) is 326 Å². The Morgan fingerprint density at radius 2 is 0.582 bits per heavy atom. The van der Waals surface area contributed by atoms with Gasteiger partial charge >= 0.3 is 0 Å². The van der Waals surface area contributed by atoms with E-state index in [1.165, 1.54) is 283 Å². The number of aliphatic hydroxyl groups excluding tert-OH is 2. The van der Waals surface area contributed by atoms with Crippen LogP contribution in [0.15, 0.2) is 36.5 Å². The molecule has 396 valence electrons. The third-order valence-corrected chi connectivity index (χ3v) is 14.4. The van der Waals surface area contributed by atoms with Gasteiger partial charge in [0.05, 0.1) is 18.8 Å². The molecule has 0 aromatic rings. The van der Waals surface area contributed by atoms with Crippen molar-refractivity contribution in [1.82, 2.24) is 5.32 Å². The normalized spacial score (nSPS) is 13.0. The van der Waals surface area contributed by atoms with Crippen LogP contribution in [-0.4, -0.2) is 34.9 Å². The smallest absolute Gasteiger partial charge is 0.220 e. The SMILES string of the molecule is CCCCCCCCCCCCCC/C=C/CC/C=C/CC/C=C/C(O)C(CO)NC(=O)CCCCCCCCCCCCCCCCCCCCCCCCCCCCCCCCCCC. The molecule has 67 heavy (non-hydrogen) atoms. The van der Waals surface area contributed by atoms with Gasteiger partial charge in [-0.2, -0.15) is 0 Å². The zero-order valence-electron chi connectivity index (χ0n) is 45.7. The molecule has 4 heteroatoms. The molecule has 0 heterocycles. The van der Waals surface area contributed by atoms with Crippen LogP contribution >= 0.6 is 0 Å². The fourth-order valence-corrected chi connectivity index (χ4v) is 9.69. The summed E-state index contributed by atoms with van der Waals surface area (Å²) in [6.45, 7) is 4.33. The van der Waals surface area contributed by atoms with Crippen molar-refractivity contribution in [3.63, 3.8) is 0 Å². The number of aliphatic hydroxyl groups is 2. The molecule has 0 saturated heterocycles. The highest BCUT2D eigenvalue weighted by Crippen LogP contribution is 2.18. The van der Waals surface area contributed by atoms with E-state index in [0.717, 1.165) is 38.5 Å². The van der Waals surface area contributed by atoms with Crippen LogP contribution in [0, 0.1) is 0 Å². The van der Waals surface area contributed by atoms with Crippen molar-refractivity contribution in [2.45, 2.75) is 353 Å². The average molecular weight is 941 g/mol. The molecule has 0 radical (unpaired) electrons. The molecule has 3 N–H and O–H groups in total. The van der Waals surface area contributed by atoms with Crippen LogP contribution in [0.2, 0.25) is 0 Å². The third kappa shape index (κ3) is 55.4. The molecule has 0 aromatic carbocycles. The predicted octanol–water partition coefficient (Wildman–Crippen LogP) is 20.4. The first-order valence-electron chi connectivity index (χ1n) is 30.7. The summed E-state index contributed by atoms with van der Waals surface area (Å²) in [4.78, 5) is 12.5. The summed E-state index contributed by atoms with van der Waals surface area (Å²) in [6, 6.07) is -0.644. The van der Waals surface area contributed by atoms with E-state index >= 15 is 0 Å². The lowest BCUT2D eigenvalue weighted by atomic mass is 10.0. The molecule has 0 aliphatic rings. The lowest BCUT2D eigenvalue weighted by Gasteiger charge is -2.19. The summed E-state index contributed by atoms with van der Waals surface area (Å²) in [6.07, 6.45) is 80.6. The second-order valence-corrected chi connectivity index (χ2v) is 21.1. The maximum atomic E-state index is 12.5. The molecule has 1 amide bonds. The van der Waals surface area contributed by atoms with E-state index in [9.17, 15) is 15.0 Å². The second-order valence-electron chi connectivity index (χ2n) is 21.1. The van der Waals surface area contributed by atoms with Gasteiger partial charge in [0.2, 0.25) is 5.91 Å². The summed E-state index contributed by atoms with van der Waals surface area (Å²) in [5.74, 6) is -0.0710. The summed E-state index contributed by atoms with van der Waals surface area (Å²) >= 11 is 0. The largest absolute Gasteiger partial charge is 0.394 e. The molecule has 2 atom stereocenters. The molecule has 0 saturated carbocycles. The van der Waals surface area contributed by atoms with Gasteiger partial charge in [-0.05, 0) is 44.9 Å². The van der Waals surface area contributed by atoms with Gasteiger partial charge in [0.25, 0.3) is 0 Å². The monoisotopic (exact) mass is 940 g/mol. The van der Waals surface area contributed by atoms with E-state index in [4.69, 9.17) is 0 Å². The van der Waals surface area contributed by atoms with Crippen molar-refractivity contribution in [3.8, 4) is 0 Å². The summed E-state index contributed by atoms with van der Waals surface area (Å²) < 4.78 is 0. The minimum Gasteiger partial charge on any atom is -0.394 e.